The molecule has 1 atom stereocenters. The third kappa shape index (κ3) is 10.4. The Morgan fingerprint density at radius 3 is 2.40 bits per heavy atom. The summed E-state index contributed by atoms with van der Waals surface area (Å²) in [4.78, 5) is 4.35. The predicted octanol–water partition coefficient (Wildman–Crippen LogP) is 3.68. The number of nitrogens with one attached hydrogen (secondary N) is 2. The highest BCUT2D eigenvalue weighted by Gasteiger charge is 2.09. The number of halogens is 3. The summed E-state index contributed by atoms with van der Waals surface area (Å²) in [7, 11) is 0. The maximum atomic E-state index is 12.1. The number of ether oxygens (including phenoxy) is 1. The van der Waals surface area contributed by atoms with Crippen LogP contribution in [-0.4, -0.2) is 37.3 Å². The van der Waals surface area contributed by atoms with E-state index in [2.05, 4.69) is 27.3 Å². The second-order valence-corrected chi connectivity index (χ2v) is 5.32. The van der Waals surface area contributed by atoms with E-state index < -0.39 is 12.7 Å². The van der Waals surface area contributed by atoms with Gasteiger partial charge in [0.25, 0.3) is 0 Å². The van der Waals surface area contributed by atoms with Gasteiger partial charge in [0.1, 0.15) is 5.75 Å². The molecule has 5 nitrogen and oxygen atoms in total. The van der Waals surface area contributed by atoms with Crippen molar-refractivity contribution in [1.29, 1.82) is 0 Å². The normalized spacial score (nSPS) is 12.5. The number of aliphatic hydroxyl groups excluding tert-OH is 1. The maximum absolute atomic E-state index is 12.1. The minimum Gasteiger partial charge on any atom is -0.435 e. The van der Waals surface area contributed by atoms with Crippen LogP contribution in [0.3, 0.4) is 0 Å². The average Bonchev–Trinajstić information content (AvgIpc) is 2.56. The molecular weight excluding hydrogens is 443 g/mol. The Labute approximate surface area is 165 Å². The molecule has 0 fully saturated rings. The Hall–Kier alpha value is -1.16. The molecule has 1 unspecified atom stereocenters. The summed E-state index contributed by atoms with van der Waals surface area (Å²) in [5, 5.41) is 16.5. The zero-order valence-electron chi connectivity index (χ0n) is 14.7. The largest absolute Gasteiger partial charge is 0.435 e. The van der Waals surface area contributed by atoms with E-state index in [1.54, 1.807) is 12.1 Å². The molecule has 3 N–H and O–H groups in total. The Bertz CT molecular complexity index is 487. The number of rotatable bonds is 10. The van der Waals surface area contributed by atoms with Gasteiger partial charge >= 0.3 is 6.61 Å². The van der Waals surface area contributed by atoms with Crippen LogP contribution in [0.5, 0.6) is 5.75 Å². The minimum atomic E-state index is -2.85. The lowest BCUT2D eigenvalue weighted by Crippen LogP contribution is -2.38. The number of guanidine groups is 1. The number of benzene rings is 1. The molecule has 0 saturated heterocycles. The lowest BCUT2D eigenvalue weighted by atomic mass is 10.1. The summed E-state index contributed by atoms with van der Waals surface area (Å²) in [6.07, 6.45) is 2.56. The molecule has 25 heavy (non-hydrogen) atoms. The summed E-state index contributed by atoms with van der Waals surface area (Å²) >= 11 is 0. The Kier molecular flexibility index (Phi) is 13.4. The fourth-order valence-electron chi connectivity index (χ4n) is 2.08. The Morgan fingerprint density at radius 1 is 1.16 bits per heavy atom. The van der Waals surface area contributed by atoms with Crippen molar-refractivity contribution in [3.63, 3.8) is 0 Å². The van der Waals surface area contributed by atoms with Crippen molar-refractivity contribution >= 4 is 29.9 Å². The smallest absolute Gasteiger partial charge is 0.387 e. The first kappa shape index (κ1) is 23.8. The maximum Gasteiger partial charge on any atom is 0.387 e. The second kappa shape index (κ2) is 14.1. The van der Waals surface area contributed by atoms with Crippen molar-refractivity contribution in [3.05, 3.63) is 29.8 Å². The van der Waals surface area contributed by atoms with Crippen LogP contribution in [-0.2, 0) is 0 Å². The van der Waals surface area contributed by atoms with Crippen LogP contribution < -0.4 is 15.4 Å². The lowest BCUT2D eigenvalue weighted by molar-refractivity contribution is -0.0498. The van der Waals surface area contributed by atoms with Gasteiger partial charge in [-0.15, -0.1) is 24.0 Å². The molecule has 0 amide bonds. The van der Waals surface area contributed by atoms with Crippen molar-refractivity contribution < 1.29 is 18.6 Å². The van der Waals surface area contributed by atoms with E-state index in [0.717, 1.165) is 32.4 Å². The van der Waals surface area contributed by atoms with Gasteiger partial charge in [-0.05, 0) is 31.0 Å². The summed E-state index contributed by atoms with van der Waals surface area (Å²) in [6, 6.07) is 5.92. The molecule has 0 radical (unpaired) electrons. The van der Waals surface area contributed by atoms with Gasteiger partial charge in [-0.25, -0.2) is 0 Å². The van der Waals surface area contributed by atoms with Gasteiger partial charge < -0.3 is 20.5 Å². The van der Waals surface area contributed by atoms with Gasteiger partial charge in [-0.1, -0.05) is 31.9 Å². The first-order valence-corrected chi connectivity index (χ1v) is 8.31. The number of aliphatic imine (C=N–C) groups is 1. The van der Waals surface area contributed by atoms with Crippen LogP contribution in [0.4, 0.5) is 8.78 Å². The van der Waals surface area contributed by atoms with Gasteiger partial charge in [-0.3, -0.25) is 4.99 Å². The summed E-state index contributed by atoms with van der Waals surface area (Å²) < 4.78 is 28.5. The molecule has 1 aromatic rings. The molecule has 0 heterocycles. The Balaban J connectivity index is 0.00000576. The molecule has 144 valence electrons. The number of hydrogen-bond acceptors (Lipinski definition) is 3. The second-order valence-electron chi connectivity index (χ2n) is 5.32. The third-order valence-electron chi connectivity index (χ3n) is 3.33. The lowest BCUT2D eigenvalue weighted by Gasteiger charge is -2.13. The summed E-state index contributed by atoms with van der Waals surface area (Å²) in [6.45, 7) is 3.00. The van der Waals surface area contributed by atoms with Gasteiger partial charge in [-0.2, -0.15) is 8.78 Å². The predicted molar refractivity (Wildman–Crippen MR) is 107 cm³/mol. The van der Waals surface area contributed by atoms with Gasteiger partial charge in [0.05, 0.1) is 12.6 Å². The molecule has 0 spiro atoms. The first-order valence-electron chi connectivity index (χ1n) is 8.31. The van der Waals surface area contributed by atoms with E-state index in [-0.39, 0.29) is 36.3 Å². The van der Waals surface area contributed by atoms with E-state index in [9.17, 15) is 13.9 Å². The van der Waals surface area contributed by atoms with E-state index >= 15 is 0 Å². The molecule has 1 aromatic carbocycles. The van der Waals surface area contributed by atoms with Gasteiger partial charge in [0.15, 0.2) is 5.96 Å². The van der Waals surface area contributed by atoms with Crippen molar-refractivity contribution in [1.82, 2.24) is 10.6 Å². The topological polar surface area (TPSA) is 65.9 Å². The SMILES string of the molecule is CCCCCNC(=NCC(O)c1ccc(OC(F)F)cc1)NCC.I. The first-order chi connectivity index (χ1) is 11.6. The molecule has 0 aromatic heterocycles. The number of alkyl halides is 2. The zero-order valence-corrected chi connectivity index (χ0v) is 17.0. The van der Waals surface area contributed by atoms with Crippen molar-refractivity contribution in [2.75, 3.05) is 19.6 Å². The fraction of sp³-hybridized carbons (Fsp3) is 0.588. The average molecular weight is 471 g/mol. The highest BCUT2D eigenvalue weighted by Crippen LogP contribution is 2.19. The monoisotopic (exact) mass is 471 g/mol. The summed E-state index contributed by atoms with van der Waals surface area (Å²) in [5.41, 5.74) is 0.599. The van der Waals surface area contributed by atoms with Gasteiger partial charge in [0.2, 0.25) is 0 Å². The summed E-state index contributed by atoms with van der Waals surface area (Å²) in [5.74, 6) is 0.723. The quantitative estimate of drug-likeness (QED) is 0.211. The number of aliphatic hydroxyl groups is 1. The molecule has 0 aliphatic carbocycles. The number of unbranched alkanes of at least 4 members (excludes halogenated alkanes) is 2. The van der Waals surface area contributed by atoms with Crippen molar-refractivity contribution in [2.24, 2.45) is 4.99 Å². The highest BCUT2D eigenvalue weighted by molar-refractivity contribution is 14.0. The van der Waals surface area contributed by atoms with Crippen LogP contribution in [0.15, 0.2) is 29.3 Å². The molecule has 0 bridgehead atoms. The van der Waals surface area contributed by atoms with E-state index in [4.69, 9.17) is 0 Å². The van der Waals surface area contributed by atoms with Crippen molar-refractivity contribution in [2.45, 2.75) is 45.8 Å². The van der Waals surface area contributed by atoms with E-state index in [1.807, 2.05) is 6.92 Å². The molecular formula is C17H28F2IN3O2. The molecule has 1 rings (SSSR count). The van der Waals surface area contributed by atoms with E-state index in [1.165, 1.54) is 12.1 Å². The van der Waals surface area contributed by atoms with Crippen LogP contribution in [0, 0.1) is 0 Å². The number of hydrogen-bond donors (Lipinski definition) is 3. The highest BCUT2D eigenvalue weighted by atomic mass is 127. The van der Waals surface area contributed by atoms with Crippen LogP contribution in [0.2, 0.25) is 0 Å². The molecule has 0 saturated carbocycles. The molecule has 0 aliphatic heterocycles. The third-order valence-corrected chi connectivity index (χ3v) is 3.33. The minimum absolute atomic E-state index is 0. The van der Waals surface area contributed by atoms with Crippen molar-refractivity contribution in [3.8, 4) is 5.75 Å². The van der Waals surface area contributed by atoms with Gasteiger partial charge in [0, 0.05) is 13.1 Å². The van der Waals surface area contributed by atoms with E-state index in [0.29, 0.717) is 11.5 Å². The van der Waals surface area contributed by atoms with Crippen LogP contribution in [0.25, 0.3) is 0 Å². The zero-order chi connectivity index (χ0) is 17.8. The fourth-order valence-corrected chi connectivity index (χ4v) is 2.08. The standard InChI is InChI=1S/C17H27F2N3O2.HI/c1-3-5-6-11-21-17(20-4-2)22-12-15(23)13-7-9-14(10-8-13)24-16(18)19;/h7-10,15-16,23H,3-6,11-12H2,1-2H3,(H2,20,21,22);1H. The van der Waals surface area contributed by atoms with Crippen LogP contribution >= 0.6 is 24.0 Å². The molecule has 8 heteroatoms. The van der Waals surface area contributed by atoms with Crippen LogP contribution in [0.1, 0.15) is 44.8 Å². The Morgan fingerprint density at radius 2 is 1.84 bits per heavy atom. The molecule has 0 aliphatic rings. The number of nitrogens with zero attached hydrogens (tertiary/aromatic N) is 1.